The van der Waals surface area contributed by atoms with Gasteiger partial charge in [-0.25, -0.2) is 0 Å². The second-order valence-corrected chi connectivity index (χ2v) is 8.77. The molecule has 36 heavy (non-hydrogen) atoms. The Morgan fingerprint density at radius 1 is 1.03 bits per heavy atom. The maximum absolute atomic E-state index is 12.4. The Bertz CT molecular complexity index is 1160. The van der Waals surface area contributed by atoms with Crippen LogP contribution in [0.4, 0.5) is 5.69 Å². The second kappa shape index (κ2) is 12.3. The molecule has 0 radical (unpaired) electrons. The van der Waals surface area contributed by atoms with Crippen molar-refractivity contribution in [3.63, 3.8) is 0 Å². The van der Waals surface area contributed by atoms with Crippen molar-refractivity contribution < 1.29 is 19.1 Å². The van der Waals surface area contributed by atoms with Gasteiger partial charge in [0.2, 0.25) is 11.8 Å². The number of hydrogen-bond donors (Lipinski definition) is 1. The summed E-state index contributed by atoms with van der Waals surface area (Å²) in [4.78, 5) is 28.2. The fourth-order valence-corrected chi connectivity index (χ4v) is 4.18. The Morgan fingerprint density at radius 3 is 2.50 bits per heavy atom. The van der Waals surface area contributed by atoms with Crippen molar-refractivity contribution in [2.24, 2.45) is 7.05 Å². The highest BCUT2D eigenvalue weighted by Gasteiger charge is 2.19. The summed E-state index contributed by atoms with van der Waals surface area (Å²) in [6.45, 7) is 6.43. The molecule has 2 aromatic carbocycles. The number of amides is 2. The molecule has 1 aliphatic heterocycles. The number of ether oxygens (including phenoxy) is 2. The highest BCUT2D eigenvalue weighted by molar-refractivity contribution is 5.92. The quantitative estimate of drug-likeness (QED) is 0.469. The lowest BCUT2D eigenvalue weighted by Crippen LogP contribution is -2.48. The van der Waals surface area contributed by atoms with Crippen molar-refractivity contribution in [2.45, 2.75) is 13.5 Å². The van der Waals surface area contributed by atoms with E-state index >= 15 is 0 Å². The lowest BCUT2D eigenvalue weighted by molar-refractivity contribution is -0.130. The maximum atomic E-state index is 12.4. The minimum Gasteiger partial charge on any atom is -0.492 e. The Morgan fingerprint density at radius 2 is 1.81 bits per heavy atom. The van der Waals surface area contributed by atoms with Gasteiger partial charge < -0.3 is 19.7 Å². The van der Waals surface area contributed by atoms with Crippen LogP contribution in [0.1, 0.15) is 12.5 Å². The molecule has 0 bridgehead atoms. The van der Waals surface area contributed by atoms with Crippen LogP contribution in [-0.4, -0.2) is 77.3 Å². The normalized spacial score (nSPS) is 14.0. The van der Waals surface area contributed by atoms with E-state index in [0.29, 0.717) is 18.9 Å². The van der Waals surface area contributed by atoms with E-state index in [1.54, 1.807) is 17.8 Å². The third-order valence-corrected chi connectivity index (χ3v) is 6.19. The van der Waals surface area contributed by atoms with E-state index in [9.17, 15) is 9.59 Å². The van der Waals surface area contributed by atoms with Gasteiger partial charge >= 0.3 is 0 Å². The van der Waals surface area contributed by atoms with Gasteiger partial charge in [0.1, 0.15) is 19.0 Å². The average molecular weight is 492 g/mol. The highest BCUT2D eigenvalue weighted by Crippen LogP contribution is 2.32. The molecule has 0 unspecified atom stereocenters. The highest BCUT2D eigenvalue weighted by atomic mass is 16.5. The van der Waals surface area contributed by atoms with Gasteiger partial charge in [-0.3, -0.25) is 19.2 Å². The number of hydrogen-bond acceptors (Lipinski definition) is 6. The summed E-state index contributed by atoms with van der Waals surface area (Å²) in [6.07, 6.45) is 1.73. The van der Waals surface area contributed by atoms with Crippen LogP contribution in [0.5, 0.6) is 5.75 Å². The zero-order chi connectivity index (χ0) is 25.3. The summed E-state index contributed by atoms with van der Waals surface area (Å²) in [5.74, 6) is 0.626. The molecule has 1 aliphatic rings. The minimum absolute atomic E-state index is 0.0366. The second-order valence-electron chi connectivity index (χ2n) is 8.77. The lowest BCUT2D eigenvalue weighted by atomic mass is 10.1. The number of aryl methyl sites for hydroxylation is 1. The molecule has 1 fully saturated rings. The molecule has 3 aromatic rings. The van der Waals surface area contributed by atoms with Gasteiger partial charge in [-0.05, 0) is 29.8 Å². The molecule has 190 valence electrons. The van der Waals surface area contributed by atoms with Crippen LogP contribution in [-0.2, 0) is 28.0 Å². The topological polar surface area (TPSA) is 88.9 Å². The van der Waals surface area contributed by atoms with Crippen LogP contribution >= 0.6 is 0 Å². The zero-order valence-corrected chi connectivity index (χ0v) is 20.9. The summed E-state index contributed by atoms with van der Waals surface area (Å²) in [5, 5.41) is 7.19. The number of aromatic nitrogens is 2. The molecule has 1 saturated heterocycles. The van der Waals surface area contributed by atoms with E-state index in [1.165, 1.54) is 0 Å². The first-order valence-electron chi connectivity index (χ1n) is 12.1. The van der Waals surface area contributed by atoms with Gasteiger partial charge in [0.05, 0.1) is 12.3 Å². The third kappa shape index (κ3) is 6.93. The predicted molar refractivity (Wildman–Crippen MR) is 138 cm³/mol. The van der Waals surface area contributed by atoms with Crippen LogP contribution in [0, 0.1) is 0 Å². The van der Waals surface area contributed by atoms with Crippen molar-refractivity contribution >= 4 is 17.5 Å². The molecule has 0 aliphatic carbocycles. The van der Waals surface area contributed by atoms with Gasteiger partial charge in [0.25, 0.3) is 0 Å². The van der Waals surface area contributed by atoms with Crippen LogP contribution in [0.2, 0.25) is 0 Å². The van der Waals surface area contributed by atoms with E-state index in [-0.39, 0.29) is 18.4 Å². The summed E-state index contributed by atoms with van der Waals surface area (Å²) in [7, 11) is 1.87. The first-order chi connectivity index (χ1) is 17.5. The Labute approximate surface area is 211 Å². The van der Waals surface area contributed by atoms with Crippen molar-refractivity contribution in [1.29, 1.82) is 0 Å². The van der Waals surface area contributed by atoms with E-state index in [0.717, 1.165) is 55.3 Å². The standard InChI is InChI=1S/C27H33N5O4/c1-21(33)32-14-12-31(13-15-32)16-17-36-26-9-8-23(18-24(26)25-10-11-28-30(25)2)29-27(34)20-35-19-22-6-4-3-5-7-22/h3-11,18H,12-17,19-20H2,1-2H3,(H,29,34). The maximum Gasteiger partial charge on any atom is 0.250 e. The van der Waals surface area contributed by atoms with E-state index in [2.05, 4.69) is 15.3 Å². The van der Waals surface area contributed by atoms with Gasteiger partial charge in [-0.1, -0.05) is 30.3 Å². The number of rotatable bonds is 10. The molecule has 2 heterocycles. The molecule has 1 N–H and O–H groups in total. The van der Waals surface area contributed by atoms with E-state index in [4.69, 9.17) is 9.47 Å². The molecule has 9 heteroatoms. The van der Waals surface area contributed by atoms with Crippen molar-refractivity contribution in [3.8, 4) is 17.0 Å². The van der Waals surface area contributed by atoms with E-state index < -0.39 is 0 Å². The minimum atomic E-state index is -0.222. The Kier molecular flexibility index (Phi) is 8.70. The summed E-state index contributed by atoms with van der Waals surface area (Å²) >= 11 is 0. The van der Waals surface area contributed by atoms with Crippen molar-refractivity contribution in [1.82, 2.24) is 19.6 Å². The molecule has 4 rings (SSSR count). The molecular weight excluding hydrogens is 458 g/mol. The molecule has 1 aromatic heterocycles. The summed E-state index contributed by atoms with van der Waals surface area (Å²) < 4.78 is 13.5. The number of carbonyl (C=O) groups is 2. The first kappa shape index (κ1) is 25.4. The number of benzene rings is 2. The lowest BCUT2D eigenvalue weighted by Gasteiger charge is -2.34. The summed E-state index contributed by atoms with van der Waals surface area (Å²) in [6, 6.07) is 17.3. The smallest absolute Gasteiger partial charge is 0.250 e. The van der Waals surface area contributed by atoms with E-state index in [1.807, 2.05) is 66.5 Å². The fourth-order valence-electron chi connectivity index (χ4n) is 4.18. The van der Waals surface area contributed by atoms with Gasteiger partial charge in [0.15, 0.2) is 0 Å². The Balaban J connectivity index is 1.34. The zero-order valence-electron chi connectivity index (χ0n) is 20.9. The van der Waals surface area contributed by atoms with Gasteiger partial charge in [0, 0.05) is 64.1 Å². The molecule has 9 nitrogen and oxygen atoms in total. The van der Waals surface area contributed by atoms with Crippen LogP contribution in [0.25, 0.3) is 11.3 Å². The third-order valence-electron chi connectivity index (χ3n) is 6.19. The number of piperazine rings is 1. The van der Waals surface area contributed by atoms with Crippen LogP contribution in [0.15, 0.2) is 60.8 Å². The van der Waals surface area contributed by atoms with Crippen molar-refractivity contribution in [3.05, 3.63) is 66.4 Å². The predicted octanol–water partition coefficient (Wildman–Crippen LogP) is 2.79. The molecule has 0 atom stereocenters. The Hall–Kier alpha value is -3.69. The summed E-state index contributed by atoms with van der Waals surface area (Å²) in [5.41, 5.74) is 3.41. The monoisotopic (exact) mass is 491 g/mol. The first-order valence-corrected chi connectivity index (χ1v) is 12.1. The largest absolute Gasteiger partial charge is 0.492 e. The van der Waals surface area contributed by atoms with Crippen LogP contribution in [0.3, 0.4) is 0 Å². The van der Waals surface area contributed by atoms with Gasteiger partial charge in [-0.15, -0.1) is 0 Å². The number of anilines is 1. The van der Waals surface area contributed by atoms with Crippen LogP contribution < -0.4 is 10.1 Å². The number of nitrogens with zero attached hydrogens (tertiary/aromatic N) is 4. The van der Waals surface area contributed by atoms with Gasteiger partial charge in [-0.2, -0.15) is 5.10 Å². The molecule has 2 amide bonds. The molecule has 0 spiro atoms. The number of nitrogens with one attached hydrogen (secondary N) is 1. The fraction of sp³-hybridized carbons (Fsp3) is 0.370. The molecule has 0 saturated carbocycles. The SMILES string of the molecule is CC(=O)N1CCN(CCOc2ccc(NC(=O)COCc3ccccc3)cc2-c2ccnn2C)CC1. The van der Waals surface area contributed by atoms with Crippen molar-refractivity contribution in [2.75, 3.05) is 51.3 Å². The number of carbonyl (C=O) groups excluding carboxylic acids is 2. The molecular formula is C27H33N5O4. The average Bonchev–Trinajstić information content (AvgIpc) is 3.31.